The highest BCUT2D eigenvalue weighted by atomic mass is 19.4. The van der Waals surface area contributed by atoms with Gasteiger partial charge in [0.1, 0.15) is 11.6 Å². The summed E-state index contributed by atoms with van der Waals surface area (Å²) >= 11 is 0. The Bertz CT molecular complexity index is 1120. The number of alkyl halides is 3. The van der Waals surface area contributed by atoms with Crippen molar-refractivity contribution in [1.29, 1.82) is 0 Å². The Morgan fingerprint density at radius 2 is 1.57 bits per heavy atom. The van der Waals surface area contributed by atoms with Crippen LogP contribution in [0.2, 0.25) is 0 Å². The van der Waals surface area contributed by atoms with Crippen molar-refractivity contribution >= 4 is 0 Å². The maximum absolute atomic E-state index is 13.2. The summed E-state index contributed by atoms with van der Waals surface area (Å²) in [5.41, 5.74) is 2.10. The number of pyridine rings is 1. The molecule has 0 atom stereocenters. The van der Waals surface area contributed by atoms with Gasteiger partial charge in [0, 0.05) is 24.2 Å². The number of nitrogens with zero attached hydrogens (tertiary/aromatic N) is 3. The lowest BCUT2D eigenvalue weighted by molar-refractivity contribution is -0.137. The second kappa shape index (κ2) is 6.96. The van der Waals surface area contributed by atoms with Gasteiger partial charge in [-0.3, -0.25) is 4.57 Å². The number of aromatic nitrogens is 3. The quantitative estimate of drug-likeness (QED) is 0.442. The molecule has 140 valence electrons. The predicted molar refractivity (Wildman–Crippen MR) is 102 cm³/mol. The molecule has 0 aliphatic carbocycles. The Morgan fingerprint density at radius 1 is 0.821 bits per heavy atom. The average molecular weight is 379 g/mol. The van der Waals surface area contributed by atoms with Crippen LogP contribution in [-0.4, -0.2) is 14.5 Å². The second-order valence-electron chi connectivity index (χ2n) is 6.35. The summed E-state index contributed by atoms with van der Waals surface area (Å²) in [5.74, 6) is 1.36. The number of imidazole rings is 1. The van der Waals surface area contributed by atoms with E-state index >= 15 is 0 Å². The SMILES string of the molecule is Cc1nccn1-c1nccc(-c2cccc(C(F)(F)F)c2)c1-c1ccccc1. The van der Waals surface area contributed by atoms with Gasteiger partial charge in [0.2, 0.25) is 0 Å². The minimum atomic E-state index is -4.40. The molecule has 3 nitrogen and oxygen atoms in total. The number of benzene rings is 2. The zero-order valence-electron chi connectivity index (χ0n) is 15.0. The van der Waals surface area contributed by atoms with Gasteiger partial charge in [0.05, 0.1) is 5.56 Å². The summed E-state index contributed by atoms with van der Waals surface area (Å²) < 4.78 is 41.5. The summed E-state index contributed by atoms with van der Waals surface area (Å²) in [5, 5.41) is 0. The van der Waals surface area contributed by atoms with Crippen LogP contribution in [0.25, 0.3) is 28.1 Å². The van der Waals surface area contributed by atoms with Gasteiger partial charge in [0.15, 0.2) is 0 Å². The largest absolute Gasteiger partial charge is 0.416 e. The molecular weight excluding hydrogens is 363 g/mol. The van der Waals surface area contributed by atoms with E-state index < -0.39 is 11.7 Å². The molecule has 0 bridgehead atoms. The highest BCUT2D eigenvalue weighted by molar-refractivity contribution is 5.88. The standard InChI is InChI=1S/C22H16F3N3/c1-15-26-12-13-28(15)21-20(16-6-3-2-4-7-16)19(10-11-27-21)17-8-5-9-18(14-17)22(23,24)25/h2-14H,1H3. The fraction of sp³-hybridized carbons (Fsp3) is 0.0909. The van der Waals surface area contributed by atoms with E-state index in [9.17, 15) is 13.2 Å². The zero-order valence-corrected chi connectivity index (χ0v) is 15.0. The smallest absolute Gasteiger partial charge is 0.288 e. The lowest BCUT2D eigenvalue weighted by Gasteiger charge is -2.17. The number of aryl methyl sites for hydroxylation is 1. The normalized spacial score (nSPS) is 11.6. The monoisotopic (exact) mass is 379 g/mol. The molecule has 0 aliphatic heterocycles. The average Bonchev–Trinajstić information content (AvgIpc) is 3.13. The van der Waals surface area contributed by atoms with Crippen molar-refractivity contribution in [2.24, 2.45) is 0 Å². The molecule has 0 amide bonds. The lowest BCUT2D eigenvalue weighted by atomic mass is 9.94. The van der Waals surface area contributed by atoms with E-state index in [2.05, 4.69) is 9.97 Å². The molecule has 0 spiro atoms. The van der Waals surface area contributed by atoms with Crippen LogP contribution >= 0.6 is 0 Å². The molecule has 0 aliphatic rings. The summed E-state index contributed by atoms with van der Waals surface area (Å²) in [6.45, 7) is 1.85. The van der Waals surface area contributed by atoms with Crippen molar-refractivity contribution in [3.63, 3.8) is 0 Å². The lowest BCUT2D eigenvalue weighted by Crippen LogP contribution is -2.05. The Balaban J connectivity index is 2.00. The predicted octanol–water partition coefficient (Wildman–Crippen LogP) is 5.93. The first-order valence-electron chi connectivity index (χ1n) is 8.67. The maximum atomic E-state index is 13.2. The second-order valence-corrected chi connectivity index (χ2v) is 6.35. The van der Waals surface area contributed by atoms with Crippen molar-refractivity contribution in [2.75, 3.05) is 0 Å². The highest BCUT2D eigenvalue weighted by Crippen LogP contribution is 2.38. The molecule has 0 unspecified atom stereocenters. The van der Waals surface area contributed by atoms with Crippen LogP contribution in [0.15, 0.2) is 79.3 Å². The third-order valence-electron chi connectivity index (χ3n) is 4.55. The third kappa shape index (κ3) is 3.29. The van der Waals surface area contributed by atoms with E-state index in [1.807, 2.05) is 41.8 Å². The van der Waals surface area contributed by atoms with Gasteiger partial charge in [-0.05, 0) is 41.8 Å². The number of hydrogen-bond donors (Lipinski definition) is 0. The third-order valence-corrected chi connectivity index (χ3v) is 4.55. The topological polar surface area (TPSA) is 30.7 Å². The summed E-state index contributed by atoms with van der Waals surface area (Å²) in [6, 6.07) is 16.6. The molecule has 0 saturated carbocycles. The van der Waals surface area contributed by atoms with Crippen molar-refractivity contribution in [3.8, 4) is 28.1 Å². The van der Waals surface area contributed by atoms with Crippen LogP contribution in [0.1, 0.15) is 11.4 Å². The first kappa shape index (κ1) is 18.0. The van der Waals surface area contributed by atoms with Gasteiger partial charge < -0.3 is 0 Å². The van der Waals surface area contributed by atoms with E-state index in [0.717, 1.165) is 23.0 Å². The molecule has 2 heterocycles. The van der Waals surface area contributed by atoms with Crippen LogP contribution < -0.4 is 0 Å². The van der Waals surface area contributed by atoms with E-state index in [1.165, 1.54) is 12.1 Å². The molecule has 2 aromatic heterocycles. The van der Waals surface area contributed by atoms with Gasteiger partial charge >= 0.3 is 6.18 Å². The van der Waals surface area contributed by atoms with Gasteiger partial charge in [-0.15, -0.1) is 0 Å². The maximum Gasteiger partial charge on any atom is 0.416 e. The van der Waals surface area contributed by atoms with E-state index in [0.29, 0.717) is 16.9 Å². The highest BCUT2D eigenvalue weighted by Gasteiger charge is 2.30. The van der Waals surface area contributed by atoms with Crippen molar-refractivity contribution in [2.45, 2.75) is 13.1 Å². The van der Waals surface area contributed by atoms with Crippen molar-refractivity contribution in [1.82, 2.24) is 14.5 Å². The van der Waals surface area contributed by atoms with Crippen molar-refractivity contribution in [3.05, 3.63) is 90.6 Å². The number of halogens is 3. The minimum absolute atomic E-state index is 0.482. The van der Waals surface area contributed by atoms with E-state index in [-0.39, 0.29) is 0 Å². The molecule has 0 fully saturated rings. The molecular formula is C22H16F3N3. The van der Waals surface area contributed by atoms with Crippen molar-refractivity contribution < 1.29 is 13.2 Å². The number of rotatable bonds is 3. The Labute approximate surface area is 160 Å². The molecule has 4 aromatic rings. The molecule has 6 heteroatoms. The number of hydrogen-bond acceptors (Lipinski definition) is 2. The fourth-order valence-corrected chi connectivity index (χ4v) is 3.23. The molecule has 2 aromatic carbocycles. The molecule has 0 N–H and O–H groups in total. The van der Waals surface area contributed by atoms with Gasteiger partial charge in [0.25, 0.3) is 0 Å². The van der Waals surface area contributed by atoms with Crippen LogP contribution in [-0.2, 0) is 6.18 Å². The molecule has 28 heavy (non-hydrogen) atoms. The van der Waals surface area contributed by atoms with Gasteiger partial charge in [-0.25, -0.2) is 9.97 Å². The van der Waals surface area contributed by atoms with Crippen LogP contribution in [0.4, 0.5) is 13.2 Å². The molecule has 0 radical (unpaired) electrons. The summed E-state index contributed by atoms with van der Waals surface area (Å²) in [4.78, 5) is 8.77. The van der Waals surface area contributed by atoms with Crippen LogP contribution in [0.3, 0.4) is 0 Å². The molecule has 4 rings (SSSR count). The van der Waals surface area contributed by atoms with Gasteiger partial charge in [-0.2, -0.15) is 13.2 Å². The minimum Gasteiger partial charge on any atom is -0.288 e. The Hall–Kier alpha value is -3.41. The van der Waals surface area contributed by atoms with E-state index in [4.69, 9.17) is 0 Å². The Morgan fingerprint density at radius 3 is 2.25 bits per heavy atom. The molecule has 0 saturated heterocycles. The van der Waals surface area contributed by atoms with Crippen LogP contribution in [0.5, 0.6) is 0 Å². The summed E-state index contributed by atoms with van der Waals surface area (Å²) in [6.07, 6.45) is 0.666. The summed E-state index contributed by atoms with van der Waals surface area (Å²) in [7, 11) is 0. The fourth-order valence-electron chi connectivity index (χ4n) is 3.23. The Kier molecular flexibility index (Phi) is 4.47. The first-order chi connectivity index (χ1) is 13.4. The van der Waals surface area contributed by atoms with Gasteiger partial charge in [-0.1, -0.05) is 42.5 Å². The zero-order chi connectivity index (χ0) is 19.7. The van der Waals surface area contributed by atoms with Crippen LogP contribution in [0, 0.1) is 6.92 Å². The first-order valence-corrected chi connectivity index (χ1v) is 8.67. The van der Waals surface area contributed by atoms with E-state index in [1.54, 1.807) is 30.7 Å².